The number of hydrogen-bond acceptors (Lipinski definition) is 4. The van der Waals surface area contributed by atoms with Crippen molar-refractivity contribution >= 4 is 5.97 Å². The van der Waals surface area contributed by atoms with E-state index in [4.69, 9.17) is 9.84 Å². The molecule has 1 aromatic heterocycles. The molecule has 1 heterocycles. The Bertz CT molecular complexity index is 581. The lowest BCUT2D eigenvalue weighted by atomic mass is 10.1. The molecule has 0 radical (unpaired) electrons. The molecule has 5 nitrogen and oxygen atoms in total. The van der Waals surface area contributed by atoms with Crippen LogP contribution in [0.3, 0.4) is 0 Å². The number of nitrogens with zero attached hydrogens (tertiary/aromatic N) is 2. The SMILES string of the molecule is COc1ccc(-c2ccnc(C(C)C(=O)O)n2)cc1. The van der Waals surface area contributed by atoms with E-state index < -0.39 is 11.9 Å². The van der Waals surface area contributed by atoms with Crippen molar-refractivity contribution in [2.24, 2.45) is 0 Å². The third kappa shape index (κ3) is 2.88. The van der Waals surface area contributed by atoms with E-state index in [0.29, 0.717) is 11.5 Å². The van der Waals surface area contributed by atoms with Crippen molar-refractivity contribution < 1.29 is 14.6 Å². The minimum Gasteiger partial charge on any atom is -0.497 e. The average Bonchev–Trinajstić information content (AvgIpc) is 2.46. The number of rotatable bonds is 4. The van der Waals surface area contributed by atoms with Crippen LogP contribution in [0, 0.1) is 0 Å². The Morgan fingerprint density at radius 2 is 1.95 bits per heavy atom. The summed E-state index contributed by atoms with van der Waals surface area (Å²) in [6, 6.07) is 9.15. The highest BCUT2D eigenvalue weighted by molar-refractivity contribution is 5.74. The summed E-state index contributed by atoms with van der Waals surface area (Å²) < 4.78 is 5.09. The summed E-state index contributed by atoms with van der Waals surface area (Å²) in [7, 11) is 1.60. The van der Waals surface area contributed by atoms with Crippen LogP contribution in [0.15, 0.2) is 36.5 Å². The third-order valence-corrected chi connectivity index (χ3v) is 2.82. The minimum atomic E-state index is -0.938. The molecule has 1 atom stereocenters. The molecular formula is C14H14N2O3. The van der Waals surface area contributed by atoms with E-state index in [-0.39, 0.29) is 0 Å². The Morgan fingerprint density at radius 3 is 2.53 bits per heavy atom. The number of aliphatic carboxylic acids is 1. The Hall–Kier alpha value is -2.43. The first-order valence-corrected chi connectivity index (χ1v) is 5.82. The second-order valence-corrected chi connectivity index (χ2v) is 4.09. The van der Waals surface area contributed by atoms with Crippen LogP contribution in [0.25, 0.3) is 11.3 Å². The van der Waals surface area contributed by atoms with Crippen LogP contribution in [0.5, 0.6) is 5.75 Å². The van der Waals surface area contributed by atoms with Gasteiger partial charge in [0.1, 0.15) is 17.5 Å². The third-order valence-electron chi connectivity index (χ3n) is 2.82. The molecule has 0 saturated carbocycles. The summed E-state index contributed by atoms with van der Waals surface area (Å²) in [5.74, 6) is -0.595. The highest BCUT2D eigenvalue weighted by Crippen LogP contribution is 2.21. The summed E-state index contributed by atoms with van der Waals surface area (Å²) in [5.41, 5.74) is 1.59. The van der Waals surface area contributed by atoms with Crippen LogP contribution in [0.2, 0.25) is 0 Å². The largest absolute Gasteiger partial charge is 0.497 e. The van der Waals surface area contributed by atoms with Gasteiger partial charge in [0.25, 0.3) is 0 Å². The first-order chi connectivity index (χ1) is 9.11. The maximum Gasteiger partial charge on any atom is 0.313 e. The number of carboxylic acids is 1. The van der Waals surface area contributed by atoms with Gasteiger partial charge in [0.15, 0.2) is 0 Å². The molecule has 0 bridgehead atoms. The van der Waals surface area contributed by atoms with Crippen LogP contribution in [-0.4, -0.2) is 28.2 Å². The van der Waals surface area contributed by atoms with Gasteiger partial charge in [-0.25, -0.2) is 9.97 Å². The molecule has 1 aromatic carbocycles. The van der Waals surface area contributed by atoms with Gasteiger partial charge in [0.05, 0.1) is 12.8 Å². The van der Waals surface area contributed by atoms with Gasteiger partial charge >= 0.3 is 5.97 Å². The summed E-state index contributed by atoms with van der Waals surface area (Å²) in [4.78, 5) is 19.2. The highest BCUT2D eigenvalue weighted by Gasteiger charge is 2.17. The Balaban J connectivity index is 2.34. The molecule has 5 heteroatoms. The Morgan fingerprint density at radius 1 is 1.26 bits per heavy atom. The van der Waals surface area contributed by atoms with Gasteiger partial charge in [-0.05, 0) is 37.3 Å². The molecule has 2 rings (SSSR count). The number of carboxylic acid groups (broad SMARTS) is 1. The fraction of sp³-hybridized carbons (Fsp3) is 0.214. The quantitative estimate of drug-likeness (QED) is 0.911. The topological polar surface area (TPSA) is 72.3 Å². The standard InChI is InChI=1S/C14H14N2O3/c1-9(14(17)18)13-15-8-7-12(16-13)10-3-5-11(19-2)6-4-10/h3-9H,1-2H3,(H,17,18). The zero-order valence-corrected chi connectivity index (χ0v) is 10.7. The van der Waals surface area contributed by atoms with E-state index in [1.807, 2.05) is 24.3 Å². The molecule has 2 aromatic rings. The number of methoxy groups -OCH3 is 1. The number of carbonyl (C=O) groups is 1. The second-order valence-electron chi connectivity index (χ2n) is 4.09. The molecule has 98 valence electrons. The van der Waals surface area contributed by atoms with Crippen molar-refractivity contribution in [3.8, 4) is 17.0 Å². The molecule has 0 aliphatic rings. The van der Waals surface area contributed by atoms with E-state index in [1.54, 1.807) is 26.3 Å². The molecule has 1 unspecified atom stereocenters. The predicted octanol–water partition coefficient (Wildman–Crippen LogP) is 2.34. The molecule has 0 amide bonds. The van der Waals surface area contributed by atoms with Gasteiger partial charge in [0, 0.05) is 11.8 Å². The highest BCUT2D eigenvalue weighted by atomic mass is 16.5. The zero-order valence-electron chi connectivity index (χ0n) is 10.7. The van der Waals surface area contributed by atoms with Crippen LogP contribution in [0.1, 0.15) is 18.7 Å². The first kappa shape index (κ1) is 13.0. The summed E-state index contributed by atoms with van der Waals surface area (Å²) in [5, 5.41) is 8.97. The van der Waals surface area contributed by atoms with E-state index in [0.717, 1.165) is 11.3 Å². The maximum atomic E-state index is 10.9. The molecule has 1 N–H and O–H groups in total. The van der Waals surface area contributed by atoms with Gasteiger partial charge < -0.3 is 9.84 Å². The van der Waals surface area contributed by atoms with E-state index in [9.17, 15) is 4.79 Å². The van der Waals surface area contributed by atoms with Crippen molar-refractivity contribution in [3.63, 3.8) is 0 Å². The zero-order chi connectivity index (χ0) is 13.8. The first-order valence-electron chi connectivity index (χ1n) is 5.82. The van der Waals surface area contributed by atoms with Gasteiger partial charge in [-0.3, -0.25) is 4.79 Å². The van der Waals surface area contributed by atoms with Gasteiger partial charge in [-0.2, -0.15) is 0 Å². The number of hydrogen-bond donors (Lipinski definition) is 1. The van der Waals surface area contributed by atoms with Crippen molar-refractivity contribution in [1.82, 2.24) is 9.97 Å². The van der Waals surface area contributed by atoms with E-state index in [2.05, 4.69) is 9.97 Å². The molecule has 0 aliphatic heterocycles. The maximum absolute atomic E-state index is 10.9. The van der Waals surface area contributed by atoms with Gasteiger partial charge in [0.2, 0.25) is 0 Å². The average molecular weight is 258 g/mol. The van der Waals surface area contributed by atoms with Crippen LogP contribution in [0.4, 0.5) is 0 Å². The molecule has 0 saturated heterocycles. The monoisotopic (exact) mass is 258 g/mol. The summed E-state index contributed by atoms with van der Waals surface area (Å²) >= 11 is 0. The summed E-state index contributed by atoms with van der Waals surface area (Å²) in [6.07, 6.45) is 1.57. The van der Waals surface area contributed by atoms with Crippen molar-refractivity contribution in [2.45, 2.75) is 12.8 Å². The fourth-order valence-corrected chi connectivity index (χ4v) is 1.62. The van der Waals surface area contributed by atoms with Crippen molar-refractivity contribution in [1.29, 1.82) is 0 Å². The normalized spacial score (nSPS) is 11.9. The Kier molecular flexibility index (Phi) is 3.75. The number of benzene rings is 1. The summed E-state index contributed by atoms with van der Waals surface area (Å²) in [6.45, 7) is 1.56. The van der Waals surface area contributed by atoms with Crippen LogP contribution in [-0.2, 0) is 4.79 Å². The lowest BCUT2D eigenvalue weighted by molar-refractivity contribution is -0.138. The fourth-order valence-electron chi connectivity index (χ4n) is 1.62. The molecule has 0 spiro atoms. The smallest absolute Gasteiger partial charge is 0.313 e. The Labute approximate surface area is 110 Å². The number of aromatic nitrogens is 2. The van der Waals surface area contributed by atoms with E-state index >= 15 is 0 Å². The second kappa shape index (κ2) is 5.48. The van der Waals surface area contributed by atoms with E-state index in [1.165, 1.54) is 0 Å². The van der Waals surface area contributed by atoms with Crippen molar-refractivity contribution in [2.75, 3.05) is 7.11 Å². The minimum absolute atomic E-state index is 0.306. The molecule has 0 aliphatic carbocycles. The van der Waals surface area contributed by atoms with Gasteiger partial charge in [-0.1, -0.05) is 0 Å². The molecule has 19 heavy (non-hydrogen) atoms. The lowest BCUT2D eigenvalue weighted by Gasteiger charge is -2.07. The number of ether oxygens (including phenoxy) is 1. The predicted molar refractivity (Wildman–Crippen MR) is 70.1 cm³/mol. The lowest BCUT2D eigenvalue weighted by Crippen LogP contribution is -2.11. The van der Waals surface area contributed by atoms with Gasteiger partial charge in [-0.15, -0.1) is 0 Å². The van der Waals surface area contributed by atoms with Crippen LogP contribution < -0.4 is 4.74 Å². The van der Waals surface area contributed by atoms with Crippen molar-refractivity contribution in [3.05, 3.63) is 42.4 Å². The molecular weight excluding hydrogens is 244 g/mol. The van der Waals surface area contributed by atoms with Crippen LogP contribution >= 0.6 is 0 Å². The molecule has 0 fully saturated rings.